The van der Waals surface area contributed by atoms with Crippen molar-refractivity contribution in [2.45, 2.75) is 31.3 Å². The van der Waals surface area contributed by atoms with Gasteiger partial charge in [0.1, 0.15) is 0 Å². The van der Waals surface area contributed by atoms with Gasteiger partial charge in [0.25, 0.3) is 10.0 Å². The largest absolute Gasteiger partial charge is 0.396 e. The van der Waals surface area contributed by atoms with Gasteiger partial charge in [-0.1, -0.05) is 13.8 Å². The number of hydrogen-bond acceptors (Lipinski definition) is 4. The lowest BCUT2D eigenvalue weighted by Crippen LogP contribution is -2.39. The molecule has 0 aliphatic rings. The maximum Gasteiger partial charge on any atom is 0.257 e. The number of sulfonamides is 1. The van der Waals surface area contributed by atoms with E-state index < -0.39 is 10.0 Å². The van der Waals surface area contributed by atoms with Gasteiger partial charge in [0.15, 0.2) is 5.03 Å². The van der Waals surface area contributed by atoms with E-state index in [2.05, 4.69) is 9.82 Å². The van der Waals surface area contributed by atoms with Gasteiger partial charge >= 0.3 is 0 Å². The molecule has 0 saturated carbocycles. The third kappa shape index (κ3) is 3.52. The molecule has 1 aromatic heterocycles. The fourth-order valence-electron chi connectivity index (χ4n) is 1.55. The first-order chi connectivity index (χ1) is 7.88. The first-order valence-electron chi connectivity index (χ1n) is 5.49. The third-order valence-corrected chi connectivity index (χ3v) is 4.17. The molecule has 1 heterocycles. The van der Waals surface area contributed by atoms with Crippen molar-refractivity contribution in [3.63, 3.8) is 0 Å². The average Bonchev–Trinajstić information content (AvgIpc) is 2.64. The van der Waals surface area contributed by atoms with Crippen LogP contribution in [0.25, 0.3) is 0 Å². The standard InChI is InChI=1S/C10H19N3O3S/c1-8(2)9(5-7-14)12-17(15,16)10-4-6-11-13(10)3/h4,6,8-9,12,14H,5,7H2,1-3H3. The van der Waals surface area contributed by atoms with Crippen molar-refractivity contribution in [3.8, 4) is 0 Å². The molecule has 1 unspecified atom stereocenters. The molecular formula is C10H19N3O3S. The van der Waals surface area contributed by atoms with Crippen LogP contribution in [0.5, 0.6) is 0 Å². The van der Waals surface area contributed by atoms with Crippen molar-refractivity contribution in [1.29, 1.82) is 0 Å². The summed E-state index contributed by atoms with van der Waals surface area (Å²) in [6.07, 6.45) is 1.83. The number of aryl methyl sites for hydroxylation is 1. The molecule has 0 saturated heterocycles. The molecule has 7 heteroatoms. The van der Waals surface area contributed by atoms with Gasteiger partial charge in [-0.2, -0.15) is 5.10 Å². The summed E-state index contributed by atoms with van der Waals surface area (Å²) in [6, 6.07) is 1.17. The molecule has 2 N–H and O–H groups in total. The molecular weight excluding hydrogens is 242 g/mol. The maximum atomic E-state index is 12.1. The number of nitrogens with zero attached hydrogens (tertiary/aromatic N) is 2. The summed E-state index contributed by atoms with van der Waals surface area (Å²) in [7, 11) is -2.00. The lowest BCUT2D eigenvalue weighted by Gasteiger charge is -2.21. The van der Waals surface area contributed by atoms with E-state index in [4.69, 9.17) is 5.11 Å². The van der Waals surface area contributed by atoms with Crippen LogP contribution in [-0.2, 0) is 17.1 Å². The minimum atomic E-state index is -3.57. The van der Waals surface area contributed by atoms with Gasteiger partial charge in [-0.3, -0.25) is 4.68 Å². The quantitative estimate of drug-likeness (QED) is 0.761. The second-order valence-corrected chi connectivity index (χ2v) is 5.94. The highest BCUT2D eigenvalue weighted by Gasteiger charge is 2.24. The zero-order valence-electron chi connectivity index (χ0n) is 10.3. The number of hydrogen-bond donors (Lipinski definition) is 2. The lowest BCUT2D eigenvalue weighted by molar-refractivity contribution is 0.255. The normalized spacial score (nSPS) is 14.2. The molecule has 1 atom stereocenters. The molecule has 0 spiro atoms. The Labute approximate surface area is 102 Å². The van der Waals surface area contributed by atoms with Crippen LogP contribution < -0.4 is 4.72 Å². The van der Waals surface area contributed by atoms with Crippen LogP contribution >= 0.6 is 0 Å². The fourth-order valence-corrected chi connectivity index (χ4v) is 3.10. The van der Waals surface area contributed by atoms with Gasteiger partial charge in [0, 0.05) is 19.7 Å². The van der Waals surface area contributed by atoms with Crippen LogP contribution in [0.2, 0.25) is 0 Å². The second kappa shape index (κ2) is 5.61. The number of rotatable bonds is 6. The molecule has 1 aromatic rings. The SMILES string of the molecule is CC(C)C(CCO)NS(=O)(=O)c1ccnn1C. The Hall–Kier alpha value is -0.920. The van der Waals surface area contributed by atoms with Crippen molar-refractivity contribution in [3.05, 3.63) is 12.3 Å². The monoisotopic (exact) mass is 261 g/mol. The van der Waals surface area contributed by atoms with E-state index in [1.807, 2.05) is 13.8 Å². The molecule has 0 bridgehead atoms. The molecule has 0 aliphatic carbocycles. The Balaban J connectivity index is 2.89. The zero-order valence-corrected chi connectivity index (χ0v) is 11.1. The minimum Gasteiger partial charge on any atom is -0.396 e. The molecule has 0 fully saturated rings. The molecule has 17 heavy (non-hydrogen) atoms. The molecule has 1 rings (SSSR count). The summed E-state index contributed by atoms with van der Waals surface area (Å²) in [5.41, 5.74) is 0. The molecule has 0 aliphatic heterocycles. The first kappa shape index (κ1) is 14.1. The lowest BCUT2D eigenvalue weighted by atomic mass is 10.0. The van der Waals surface area contributed by atoms with Gasteiger partial charge < -0.3 is 5.11 Å². The summed E-state index contributed by atoms with van der Waals surface area (Å²) in [5, 5.41) is 12.9. The van der Waals surface area contributed by atoms with E-state index in [9.17, 15) is 8.42 Å². The highest BCUT2D eigenvalue weighted by Crippen LogP contribution is 2.12. The predicted molar refractivity (Wildman–Crippen MR) is 63.9 cm³/mol. The second-order valence-electron chi connectivity index (χ2n) is 4.28. The van der Waals surface area contributed by atoms with Gasteiger partial charge in [0.05, 0.1) is 6.20 Å². The number of nitrogens with one attached hydrogen (secondary N) is 1. The van der Waals surface area contributed by atoms with E-state index in [1.54, 1.807) is 7.05 Å². The molecule has 0 aromatic carbocycles. The zero-order chi connectivity index (χ0) is 13.1. The van der Waals surface area contributed by atoms with E-state index in [0.29, 0.717) is 6.42 Å². The van der Waals surface area contributed by atoms with Crippen molar-refractivity contribution in [1.82, 2.24) is 14.5 Å². The van der Waals surface area contributed by atoms with Crippen LogP contribution in [0, 0.1) is 5.92 Å². The Morgan fingerprint density at radius 2 is 2.18 bits per heavy atom. The fraction of sp³-hybridized carbons (Fsp3) is 0.700. The maximum absolute atomic E-state index is 12.1. The number of aromatic nitrogens is 2. The molecule has 6 nitrogen and oxygen atoms in total. The van der Waals surface area contributed by atoms with Crippen LogP contribution in [-0.4, -0.2) is 36.0 Å². The Morgan fingerprint density at radius 3 is 2.59 bits per heavy atom. The number of aliphatic hydroxyl groups is 1. The van der Waals surface area contributed by atoms with Gasteiger partial charge in [0.2, 0.25) is 0 Å². The summed E-state index contributed by atoms with van der Waals surface area (Å²) in [6.45, 7) is 3.77. The smallest absolute Gasteiger partial charge is 0.257 e. The van der Waals surface area contributed by atoms with Gasteiger partial charge in [-0.25, -0.2) is 13.1 Å². The Bertz CT molecular complexity index is 453. The topological polar surface area (TPSA) is 84.2 Å². The van der Waals surface area contributed by atoms with E-state index in [-0.39, 0.29) is 23.6 Å². The third-order valence-electron chi connectivity index (χ3n) is 2.60. The highest BCUT2D eigenvalue weighted by atomic mass is 32.2. The van der Waals surface area contributed by atoms with Crippen molar-refractivity contribution in [2.24, 2.45) is 13.0 Å². The first-order valence-corrected chi connectivity index (χ1v) is 6.98. The summed E-state index contributed by atoms with van der Waals surface area (Å²) >= 11 is 0. The summed E-state index contributed by atoms with van der Waals surface area (Å²) < 4.78 is 28.0. The van der Waals surface area contributed by atoms with Crippen molar-refractivity contribution >= 4 is 10.0 Å². The Morgan fingerprint density at radius 1 is 1.53 bits per heavy atom. The van der Waals surface area contributed by atoms with Crippen molar-refractivity contribution in [2.75, 3.05) is 6.61 Å². The molecule has 98 valence electrons. The molecule has 0 radical (unpaired) electrons. The van der Waals surface area contributed by atoms with Crippen LogP contribution in [0.4, 0.5) is 0 Å². The van der Waals surface area contributed by atoms with Crippen LogP contribution in [0.15, 0.2) is 17.3 Å². The van der Waals surface area contributed by atoms with Gasteiger partial charge in [-0.15, -0.1) is 0 Å². The van der Waals surface area contributed by atoms with Crippen LogP contribution in [0.3, 0.4) is 0 Å². The van der Waals surface area contributed by atoms with Gasteiger partial charge in [-0.05, 0) is 18.4 Å². The summed E-state index contributed by atoms with van der Waals surface area (Å²) in [4.78, 5) is 0. The highest BCUT2D eigenvalue weighted by molar-refractivity contribution is 7.89. The van der Waals surface area contributed by atoms with Crippen LogP contribution in [0.1, 0.15) is 20.3 Å². The van der Waals surface area contributed by atoms with E-state index in [1.165, 1.54) is 16.9 Å². The van der Waals surface area contributed by atoms with E-state index in [0.717, 1.165) is 0 Å². The van der Waals surface area contributed by atoms with Crippen molar-refractivity contribution < 1.29 is 13.5 Å². The Kier molecular flexibility index (Phi) is 4.67. The number of aliphatic hydroxyl groups excluding tert-OH is 1. The average molecular weight is 261 g/mol. The molecule has 0 amide bonds. The minimum absolute atomic E-state index is 0.0449. The predicted octanol–water partition coefficient (Wildman–Crippen LogP) is 0.105. The summed E-state index contributed by atoms with van der Waals surface area (Å²) in [5.74, 6) is 0.116. The van der Waals surface area contributed by atoms with E-state index >= 15 is 0 Å².